The van der Waals surface area contributed by atoms with Crippen LogP contribution in [0.2, 0.25) is 0 Å². The number of hydrogen-bond donors (Lipinski definition) is 2. The summed E-state index contributed by atoms with van der Waals surface area (Å²) < 4.78 is 0. The van der Waals surface area contributed by atoms with E-state index in [9.17, 15) is 4.79 Å². The number of benzene rings is 1. The van der Waals surface area contributed by atoms with Crippen molar-refractivity contribution in [1.29, 1.82) is 0 Å². The average molecular weight is 362 g/mol. The summed E-state index contributed by atoms with van der Waals surface area (Å²) in [5.41, 5.74) is 9.88. The summed E-state index contributed by atoms with van der Waals surface area (Å²) in [6.45, 7) is 4.31. The van der Waals surface area contributed by atoms with Gasteiger partial charge >= 0.3 is 0 Å². The van der Waals surface area contributed by atoms with Crippen molar-refractivity contribution in [3.63, 3.8) is 0 Å². The zero-order chi connectivity index (χ0) is 14.5. The predicted molar refractivity (Wildman–Crippen MR) is 95.7 cm³/mol. The number of halogens is 2. The molecule has 0 aliphatic rings. The van der Waals surface area contributed by atoms with Crippen molar-refractivity contribution in [2.45, 2.75) is 26.4 Å². The molecule has 0 aliphatic carbocycles. The summed E-state index contributed by atoms with van der Waals surface area (Å²) in [7, 11) is 0. The van der Waals surface area contributed by atoms with E-state index in [-0.39, 0.29) is 42.7 Å². The van der Waals surface area contributed by atoms with E-state index in [2.05, 4.69) is 10.3 Å². The number of nitrogens with one attached hydrogen (secondary N) is 1. The molecule has 0 aliphatic heterocycles. The van der Waals surface area contributed by atoms with Crippen LogP contribution >= 0.6 is 36.2 Å². The molecule has 0 fully saturated rings. The van der Waals surface area contributed by atoms with Crippen molar-refractivity contribution in [1.82, 2.24) is 10.3 Å². The molecule has 1 amide bonds. The molecule has 122 valence electrons. The van der Waals surface area contributed by atoms with Crippen LogP contribution < -0.4 is 11.1 Å². The molecule has 2 aromatic rings. The van der Waals surface area contributed by atoms with E-state index in [0.717, 1.165) is 16.1 Å². The number of aromatic nitrogens is 1. The van der Waals surface area contributed by atoms with Crippen molar-refractivity contribution in [3.8, 4) is 0 Å². The molecule has 3 N–H and O–H groups in total. The molecule has 0 saturated heterocycles. The Morgan fingerprint density at radius 2 is 1.95 bits per heavy atom. The lowest BCUT2D eigenvalue weighted by atomic mass is 9.95. The minimum atomic E-state index is -0.293. The van der Waals surface area contributed by atoms with Crippen LogP contribution in [0.3, 0.4) is 0 Å². The molecule has 0 spiro atoms. The van der Waals surface area contributed by atoms with Crippen molar-refractivity contribution < 1.29 is 4.79 Å². The van der Waals surface area contributed by atoms with E-state index < -0.39 is 0 Å². The molecule has 2 rings (SSSR count). The Kier molecular flexibility index (Phi) is 9.28. The van der Waals surface area contributed by atoms with Gasteiger partial charge < -0.3 is 11.1 Å². The lowest BCUT2D eigenvalue weighted by Gasteiger charge is -2.19. The molecular weight excluding hydrogens is 341 g/mol. The zero-order valence-electron chi connectivity index (χ0n) is 12.5. The lowest BCUT2D eigenvalue weighted by Crippen LogP contribution is -2.35. The van der Waals surface area contributed by atoms with E-state index in [0.29, 0.717) is 6.54 Å². The Labute approximate surface area is 147 Å². The Bertz CT molecular complexity index is 577. The van der Waals surface area contributed by atoms with Crippen LogP contribution in [0, 0.1) is 12.8 Å². The van der Waals surface area contributed by atoms with Gasteiger partial charge in [-0.25, -0.2) is 4.98 Å². The highest BCUT2D eigenvalue weighted by Gasteiger charge is 2.22. The number of thiazole rings is 1. The highest BCUT2D eigenvalue weighted by atomic mass is 35.5. The summed E-state index contributed by atoms with van der Waals surface area (Å²) in [6, 6.07) is 9.40. The topological polar surface area (TPSA) is 68.0 Å². The minimum Gasteiger partial charge on any atom is -0.351 e. The number of hydrogen-bond acceptors (Lipinski definition) is 4. The third-order valence-electron chi connectivity index (χ3n) is 3.40. The summed E-state index contributed by atoms with van der Waals surface area (Å²) in [4.78, 5) is 17.4. The molecule has 1 heterocycles. The average Bonchev–Trinajstić information content (AvgIpc) is 2.89. The summed E-state index contributed by atoms with van der Waals surface area (Å²) >= 11 is 1.55. The predicted octanol–water partition coefficient (Wildman–Crippen LogP) is 3.25. The maximum atomic E-state index is 12.2. The van der Waals surface area contributed by atoms with Crippen molar-refractivity contribution in [2.24, 2.45) is 11.7 Å². The van der Waals surface area contributed by atoms with Crippen molar-refractivity contribution in [2.75, 3.05) is 0 Å². The van der Waals surface area contributed by atoms with E-state index in [1.807, 2.05) is 44.2 Å². The summed E-state index contributed by atoms with van der Waals surface area (Å²) in [6.07, 6.45) is 0. The van der Waals surface area contributed by atoms with E-state index in [4.69, 9.17) is 5.73 Å². The largest absolute Gasteiger partial charge is 0.351 e. The highest BCUT2D eigenvalue weighted by Crippen LogP contribution is 2.19. The van der Waals surface area contributed by atoms with Gasteiger partial charge in [-0.15, -0.1) is 36.2 Å². The second kappa shape index (κ2) is 9.79. The highest BCUT2D eigenvalue weighted by molar-refractivity contribution is 7.09. The fourth-order valence-electron chi connectivity index (χ4n) is 1.95. The third-order valence-corrected chi connectivity index (χ3v) is 4.34. The second-order valence-corrected chi connectivity index (χ2v) is 5.74. The van der Waals surface area contributed by atoms with Crippen LogP contribution in [0.4, 0.5) is 0 Å². The van der Waals surface area contributed by atoms with Gasteiger partial charge in [0.25, 0.3) is 0 Å². The van der Waals surface area contributed by atoms with E-state index in [1.165, 1.54) is 0 Å². The van der Waals surface area contributed by atoms with Gasteiger partial charge in [-0.3, -0.25) is 4.79 Å². The molecule has 1 aromatic heterocycles. The Morgan fingerprint density at radius 1 is 1.32 bits per heavy atom. The van der Waals surface area contributed by atoms with Crippen LogP contribution in [0.25, 0.3) is 0 Å². The first kappa shape index (κ1) is 20.9. The SMILES string of the molecule is Cc1ncsc1CNC(=O)C(C)C(N)c1ccccc1.Cl.Cl. The van der Waals surface area contributed by atoms with Gasteiger partial charge in [0, 0.05) is 10.9 Å². The van der Waals surface area contributed by atoms with Gasteiger partial charge in [0.05, 0.1) is 23.7 Å². The number of rotatable bonds is 5. The Balaban J connectivity index is 0.00000220. The molecule has 0 bridgehead atoms. The van der Waals surface area contributed by atoms with Gasteiger partial charge in [-0.05, 0) is 12.5 Å². The number of nitrogens with zero attached hydrogens (tertiary/aromatic N) is 1. The molecule has 1 aromatic carbocycles. The Morgan fingerprint density at radius 3 is 2.50 bits per heavy atom. The molecule has 7 heteroatoms. The van der Waals surface area contributed by atoms with E-state index in [1.54, 1.807) is 16.8 Å². The summed E-state index contributed by atoms with van der Waals surface area (Å²) in [5.74, 6) is -0.306. The van der Waals surface area contributed by atoms with Crippen LogP contribution in [-0.4, -0.2) is 10.9 Å². The van der Waals surface area contributed by atoms with Crippen LogP contribution in [0.5, 0.6) is 0 Å². The summed E-state index contributed by atoms with van der Waals surface area (Å²) in [5, 5.41) is 2.93. The number of aryl methyl sites for hydroxylation is 1. The monoisotopic (exact) mass is 361 g/mol. The van der Waals surface area contributed by atoms with Crippen LogP contribution in [-0.2, 0) is 11.3 Å². The molecule has 0 radical (unpaired) electrons. The molecule has 2 atom stereocenters. The van der Waals surface area contributed by atoms with Crippen molar-refractivity contribution >= 4 is 42.1 Å². The van der Waals surface area contributed by atoms with Gasteiger partial charge in [-0.1, -0.05) is 37.3 Å². The van der Waals surface area contributed by atoms with Crippen molar-refractivity contribution in [3.05, 3.63) is 52.0 Å². The van der Waals surface area contributed by atoms with Gasteiger partial charge in [0.2, 0.25) is 5.91 Å². The standard InChI is InChI=1S/C15H19N3OS.2ClH/c1-10(14(16)12-6-4-3-5-7-12)15(19)17-8-13-11(2)18-9-20-13;;/h3-7,9-10,14H,8,16H2,1-2H3,(H,17,19);2*1H. The number of carbonyl (C=O) groups is 1. The smallest absolute Gasteiger partial charge is 0.225 e. The first-order valence-electron chi connectivity index (χ1n) is 6.56. The normalized spacial score (nSPS) is 12.5. The fraction of sp³-hybridized carbons (Fsp3) is 0.333. The number of carbonyl (C=O) groups excluding carboxylic acids is 1. The first-order chi connectivity index (χ1) is 9.59. The molecular formula is C15H21Cl2N3OS. The minimum absolute atomic E-state index is 0. The maximum Gasteiger partial charge on any atom is 0.225 e. The third kappa shape index (κ3) is 5.25. The second-order valence-electron chi connectivity index (χ2n) is 4.80. The van der Waals surface area contributed by atoms with Gasteiger partial charge in [0.1, 0.15) is 0 Å². The number of nitrogens with two attached hydrogens (primary N) is 1. The number of amides is 1. The van der Waals surface area contributed by atoms with Crippen LogP contribution in [0.1, 0.15) is 29.1 Å². The quantitative estimate of drug-likeness (QED) is 0.858. The first-order valence-corrected chi connectivity index (χ1v) is 7.44. The maximum absolute atomic E-state index is 12.2. The molecule has 0 saturated carbocycles. The lowest BCUT2D eigenvalue weighted by molar-refractivity contribution is -0.125. The fourth-order valence-corrected chi connectivity index (χ4v) is 2.67. The Hall–Kier alpha value is -1.14. The van der Waals surface area contributed by atoms with Crippen LogP contribution in [0.15, 0.2) is 35.8 Å². The zero-order valence-corrected chi connectivity index (χ0v) is 14.9. The van der Waals surface area contributed by atoms with E-state index >= 15 is 0 Å². The molecule has 2 unspecified atom stereocenters. The van der Waals surface area contributed by atoms with Gasteiger partial charge in [-0.2, -0.15) is 0 Å². The van der Waals surface area contributed by atoms with Gasteiger partial charge in [0.15, 0.2) is 0 Å². The molecule has 4 nitrogen and oxygen atoms in total. The molecule has 22 heavy (non-hydrogen) atoms.